The lowest BCUT2D eigenvalue weighted by Gasteiger charge is -2.13. The molecule has 2 nitrogen and oxygen atoms in total. The molecule has 2 aromatic carbocycles. The molecule has 0 spiro atoms. The summed E-state index contributed by atoms with van der Waals surface area (Å²) >= 11 is 0. The quantitative estimate of drug-likeness (QED) is 0.633. The van der Waals surface area contributed by atoms with Crippen LogP contribution in [0.1, 0.15) is 18.7 Å². The van der Waals surface area contributed by atoms with Gasteiger partial charge in [0.05, 0.1) is 11.0 Å². The van der Waals surface area contributed by atoms with Gasteiger partial charge in [0.1, 0.15) is 5.82 Å². The van der Waals surface area contributed by atoms with Crippen LogP contribution < -0.4 is 0 Å². The molecular formula is C20H18N2. The van der Waals surface area contributed by atoms with Crippen molar-refractivity contribution in [3.63, 3.8) is 0 Å². The van der Waals surface area contributed by atoms with Crippen molar-refractivity contribution in [2.45, 2.75) is 19.8 Å². The van der Waals surface area contributed by atoms with Crippen LogP contribution in [0.3, 0.4) is 0 Å². The van der Waals surface area contributed by atoms with Crippen molar-refractivity contribution >= 4 is 16.7 Å². The predicted octanol–water partition coefficient (Wildman–Crippen LogP) is 5.20. The van der Waals surface area contributed by atoms with Gasteiger partial charge in [0.25, 0.3) is 0 Å². The van der Waals surface area contributed by atoms with Gasteiger partial charge in [-0.15, -0.1) is 0 Å². The molecule has 3 aromatic rings. The normalized spacial score (nSPS) is 14.3. The molecule has 4 rings (SSSR count). The van der Waals surface area contributed by atoms with Gasteiger partial charge in [0.15, 0.2) is 0 Å². The smallest absolute Gasteiger partial charge is 0.111 e. The number of hydrogen-bond acceptors (Lipinski definition) is 1. The minimum atomic E-state index is 1.06. The van der Waals surface area contributed by atoms with Crippen molar-refractivity contribution in [1.29, 1.82) is 0 Å². The number of nitrogens with zero attached hydrogens (tertiary/aromatic N) is 2. The fourth-order valence-corrected chi connectivity index (χ4v) is 3.14. The average molecular weight is 286 g/mol. The van der Waals surface area contributed by atoms with Crippen LogP contribution in [0.15, 0.2) is 66.8 Å². The third-order valence-corrected chi connectivity index (χ3v) is 4.21. The van der Waals surface area contributed by atoms with Crippen LogP contribution in [0.2, 0.25) is 0 Å². The first-order chi connectivity index (χ1) is 10.8. The molecule has 1 aliphatic rings. The van der Waals surface area contributed by atoms with E-state index in [9.17, 15) is 0 Å². The number of hydrogen-bond donors (Lipinski definition) is 0. The fourth-order valence-electron chi connectivity index (χ4n) is 3.14. The van der Waals surface area contributed by atoms with Gasteiger partial charge in [-0.1, -0.05) is 48.6 Å². The van der Waals surface area contributed by atoms with Crippen molar-refractivity contribution in [3.05, 3.63) is 72.6 Å². The maximum atomic E-state index is 4.72. The zero-order valence-corrected chi connectivity index (χ0v) is 12.7. The molecule has 0 N–H and O–H groups in total. The first-order valence-electron chi connectivity index (χ1n) is 7.73. The second kappa shape index (κ2) is 5.30. The minimum absolute atomic E-state index is 1.06. The standard InChI is InChI=1S/C20H18N2/c1-15-21-19-13-12-17(16-8-4-2-5-9-16)14-20(19)22(15)18-10-6-3-7-11-18/h2-6,8-10,12-14H,7,11H2,1H3. The topological polar surface area (TPSA) is 17.8 Å². The second-order valence-electron chi connectivity index (χ2n) is 5.69. The number of aryl methyl sites for hydroxylation is 1. The van der Waals surface area contributed by atoms with Gasteiger partial charge in [-0.2, -0.15) is 0 Å². The van der Waals surface area contributed by atoms with Gasteiger partial charge in [0, 0.05) is 5.70 Å². The molecule has 0 atom stereocenters. The highest BCUT2D eigenvalue weighted by atomic mass is 15.1. The van der Waals surface area contributed by atoms with E-state index in [1.54, 1.807) is 0 Å². The van der Waals surface area contributed by atoms with E-state index in [2.05, 4.69) is 78.2 Å². The molecule has 22 heavy (non-hydrogen) atoms. The fraction of sp³-hybridized carbons (Fsp3) is 0.150. The molecular weight excluding hydrogens is 268 g/mol. The predicted molar refractivity (Wildman–Crippen MR) is 92.6 cm³/mol. The summed E-state index contributed by atoms with van der Waals surface area (Å²) in [5.41, 5.74) is 6.06. The molecule has 1 aromatic heterocycles. The molecule has 0 fully saturated rings. The van der Waals surface area contributed by atoms with Crippen molar-refractivity contribution < 1.29 is 0 Å². The highest BCUT2D eigenvalue weighted by Crippen LogP contribution is 2.29. The summed E-state index contributed by atoms with van der Waals surface area (Å²) in [6.07, 6.45) is 8.73. The van der Waals surface area contributed by atoms with Crippen LogP contribution in [0, 0.1) is 6.92 Å². The van der Waals surface area contributed by atoms with Crippen molar-refractivity contribution in [1.82, 2.24) is 9.55 Å². The molecule has 108 valence electrons. The SMILES string of the molecule is Cc1nc2ccc(-c3ccccc3)cc2n1C1=CC=CCC1. The molecule has 0 radical (unpaired) electrons. The summed E-state index contributed by atoms with van der Waals surface area (Å²) in [4.78, 5) is 4.72. The van der Waals surface area contributed by atoms with Crippen LogP contribution in [-0.4, -0.2) is 9.55 Å². The molecule has 2 heteroatoms. The second-order valence-corrected chi connectivity index (χ2v) is 5.69. The lowest BCUT2D eigenvalue weighted by Crippen LogP contribution is -2.01. The van der Waals surface area contributed by atoms with Crippen LogP contribution >= 0.6 is 0 Å². The Morgan fingerprint density at radius 2 is 1.86 bits per heavy atom. The maximum absolute atomic E-state index is 4.72. The van der Waals surface area contributed by atoms with Crippen LogP contribution in [0.5, 0.6) is 0 Å². The first kappa shape index (κ1) is 13.1. The Labute approximate surface area is 130 Å². The Morgan fingerprint density at radius 1 is 1.00 bits per heavy atom. The summed E-state index contributed by atoms with van der Waals surface area (Å²) in [7, 11) is 0. The third kappa shape index (κ3) is 2.17. The highest BCUT2D eigenvalue weighted by molar-refractivity contribution is 5.85. The molecule has 0 amide bonds. The minimum Gasteiger partial charge on any atom is -0.300 e. The molecule has 0 bridgehead atoms. The van der Waals surface area contributed by atoms with E-state index in [-0.39, 0.29) is 0 Å². The highest BCUT2D eigenvalue weighted by Gasteiger charge is 2.12. The van der Waals surface area contributed by atoms with Gasteiger partial charge in [-0.3, -0.25) is 0 Å². The maximum Gasteiger partial charge on any atom is 0.111 e. The molecule has 0 saturated heterocycles. The summed E-state index contributed by atoms with van der Waals surface area (Å²) in [5, 5.41) is 0. The number of rotatable bonds is 2. The Bertz CT molecular complexity index is 883. The number of allylic oxidation sites excluding steroid dienone is 4. The van der Waals surface area contributed by atoms with E-state index in [1.165, 1.54) is 22.3 Å². The van der Waals surface area contributed by atoms with E-state index in [1.807, 2.05) is 0 Å². The molecule has 0 unspecified atom stereocenters. The Hall–Kier alpha value is -2.61. The number of aromatic nitrogens is 2. The van der Waals surface area contributed by atoms with E-state index in [4.69, 9.17) is 4.98 Å². The number of benzene rings is 2. The van der Waals surface area contributed by atoms with Gasteiger partial charge >= 0.3 is 0 Å². The Balaban J connectivity index is 1.92. The van der Waals surface area contributed by atoms with Gasteiger partial charge in [-0.25, -0.2) is 4.98 Å². The van der Waals surface area contributed by atoms with Crippen molar-refractivity contribution in [2.75, 3.05) is 0 Å². The Morgan fingerprint density at radius 3 is 2.64 bits per heavy atom. The van der Waals surface area contributed by atoms with E-state index >= 15 is 0 Å². The van der Waals surface area contributed by atoms with Gasteiger partial charge < -0.3 is 4.57 Å². The van der Waals surface area contributed by atoms with Crippen molar-refractivity contribution in [3.8, 4) is 11.1 Å². The van der Waals surface area contributed by atoms with Crippen molar-refractivity contribution in [2.24, 2.45) is 0 Å². The number of fused-ring (bicyclic) bond motifs is 1. The lowest BCUT2D eigenvalue weighted by molar-refractivity contribution is 0.921. The lowest BCUT2D eigenvalue weighted by atomic mass is 10.0. The van der Waals surface area contributed by atoms with Crippen LogP contribution in [0.4, 0.5) is 0 Å². The largest absolute Gasteiger partial charge is 0.300 e. The average Bonchev–Trinajstić information content (AvgIpc) is 2.91. The number of imidazole rings is 1. The van der Waals surface area contributed by atoms with Crippen LogP contribution in [-0.2, 0) is 0 Å². The molecule has 0 saturated carbocycles. The van der Waals surface area contributed by atoms with Gasteiger partial charge in [0.2, 0.25) is 0 Å². The summed E-state index contributed by atoms with van der Waals surface area (Å²) < 4.78 is 2.30. The summed E-state index contributed by atoms with van der Waals surface area (Å²) in [6, 6.07) is 17.0. The molecule has 1 heterocycles. The van der Waals surface area contributed by atoms with E-state index in [0.29, 0.717) is 0 Å². The third-order valence-electron chi connectivity index (χ3n) is 4.21. The van der Waals surface area contributed by atoms with Gasteiger partial charge in [-0.05, 0) is 49.1 Å². The zero-order valence-electron chi connectivity index (χ0n) is 12.7. The van der Waals surface area contributed by atoms with Crippen LogP contribution in [0.25, 0.3) is 27.9 Å². The Kier molecular flexibility index (Phi) is 3.15. The molecule has 0 aliphatic heterocycles. The first-order valence-corrected chi connectivity index (χ1v) is 7.73. The monoisotopic (exact) mass is 286 g/mol. The summed E-state index contributed by atoms with van der Waals surface area (Å²) in [5.74, 6) is 1.06. The molecule has 1 aliphatic carbocycles. The zero-order chi connectivity index (χ0) is 14.9. The van der Waals surface area contributed by atoms with E-state index in [0.717, 1.165) is 24.2 Å². The summed E-state index contributed by atoms with van der Waals surface area (Å²) in [6.45, 7) is 2.08. The van der Waals surface area contributed by atoms with E-state index < -0.39 is 0 Å².